The fourth-order valence-electron chi connectivity index (χ4n) is 2.08. The average Bonchev–Trinajstić information content (AvgIpc) is 2.82. The van der Waals surface area contributed by atoms with Gasteiger partial charge in [0.25, 0.3) is 0 Å². The molecule has 0 bridgehead atoms. The van der Waals surface area contributed by atoms with E-state index in [4.69, 9.17) is 4.74 Å². The number of carboxylic acids is 1. The van der Waals surface area contributed by atoms with Crippen molar-refractivity contribution in [1.29, 1.82) is 0 Å². The highest BCUT2D eigenvalue weighted by Gasteiger charge is 2.70. The Morgan fingerprint density at radius 2 is 1.67 bits per heavy atom. The van der Waals surface area contributed by atoms with Gasteiger partial charge in [-0.3, -0.25) is 0 Å². The van der Waals surface area contributed by atoms with Crippen molar-refractivity contribution >= 4 is 5.97 Å². The third kappa shape index (κ3) is 1.68. The molecule has 0 saturated carbocycles. The minimum atomic E-state index is -4.44. The van der Waals surface area contributed by atoms with Crippen molar-refractivity contribution < 1.29 is 27.8 Å². The number of epoxide rings is 1. The number of rotatable bonds is 2. The molecule has 98 valence electrons. The van der Waals surface area contributed by atoms with Crippen LogP contribution in [0, 0.1) is 0 Å². The number of hydrogen-bond acceptors (Lipinski definition) is 2. The topological polar surface area (TPSA) is 49.8 Å². The SMILES string of the molecule is CC1(C)OC1(C(=O)O)c1ccc(C(F)(F)F)cc1. The molecule has 0 spiro atoms. The summed E-state index contributed by atoms with van der Waals surface area (Å²) in [6, 6.07) is 4.01. The second kappa shape index (κ2) is 3.47. The summed E-state index contributed by atoms with van der Waals surface area (Å²) in [5, 5.41) is 9.17. The summed E-state index contributed by atoms with van der Waals surface area (Å²) in [5.74, 6) is -1.20. The van der Waals surface area contributed by atoms with Crippen LogP contribution in [0.25, 0.3) is 0 Å². The summed E-state index contributed by atoms with van der Waals surface area (Å²) in [4.78, 5) is 11.2. The molecule has 18 heavy (non-hydrogen) atoms. The molecule has 1 aromatic rings. The predicted octanol–water partition coefficient (Wildman–Crippen LogP) is 2.79. The van der Waals surface area contributed by atoms with Crippen molar-refractivity contribution in [2.75, 3.05) is 0 Å². The maximum atomic E-state index is 12.4. The van der Waals surface area contributed by atoms with E-state index in [0.717, 1.165) is 24.3 Å². The number of ether oxygens (including phenoxy) is 1. The van der Waals surface area contributed by atoms with Crippen LogP contribution in [0.2, 0.25) is 0 Å². The van der Waals surface area contributed by atoms with Crippen LogP contribution in [0.3, 0.4) is 0 Å². The minimum absolute atomic E-state index is 0.216. The van der Waals surface area contributed by atoms with E-state index >= 15 is 0 Å². The molecule has 1 heterocycles. The molecule has 1 saturated heterocycles. The van der Waals surface area contributed by atoms with Crippen molar-refractivity contribution in [2.24, 2.45) is 0 Å². The number of carboxylic acid groups (broad SMARTS) is 1. The van der Waals surface area contributed by atoms with E-state index in [1.165, 1.54) is 0 Å². The average molecular weight is 260 g/mol. The third-order valence-corrected chi connectivity index (χ3v) is 3.13. The Kier molecular flexibility index (Phi) is 2.49. The van der Waals surface area contributed by atoms with E-state index in [1.54, 1.807) is 13.8 Å². The normalized spacial score (nSPS) is 25.8. The summed E-state index contributed by atoms with van der Waals surface area (Å²) in [5.41, 5.74) is -3.06. The van der Waals surface area contributed by atoms with E-state index in [1.807, 2.05) is 0 Å². The molecule has 1 atom stereocenters. The van der Waals surface area contributed by atoms with Crippen LogP contribution in [-0.4, -0.2) is 16.7 Å². The second-order valence-electron chi connectivity index (χ2n) is 4.67. The number of carbonyl (C=O) groups is 1. The van der Waals surface area contributed by atoms with Crippen LogP contribution in [0.4, 0.5) is 13.2 Å². The lowest BCUT2D eigenvalue weighted by atomic mass is 9.88. The number of aliphatic carboxylic acids is 1. The third-order valence-electron chi connectivity index (χ3n) is 3.13. The number of benzene rings is 1. The Hall–Kier alpha value is -1.56. The summed E-state index contributed by atoms with van der Waals surface area (Å²) in [7, 11) is 0. The van der Waals surface area contributed by atoms with Gasteiger partial charge in [0.05, 0.1) is 5.56 Å². The quantitative estimate of drug-likeness (QED) is 0.832. The molecule has 0 aromatic heterocycles. The van der Waals surface area contributed by atoms with E-state index in [0.29, 0.717) is 0 Å². The highest BCUT2D eigenvalue weighted by Crippen LogP contribution is 2.55. The summed E-state index contributed by atoms with van der Waals surface area (Å²) >= 11 is 0. The lowest BCUT2D eigenvalue weighted by Gasteiger charge is -2.12. The van der Waals surface area contributed by atoms with Crippen LogP contribution in [0.5, 0.6) is 0 Å². The van der Waals surface area contributed by atoms with Gasteiger partial charge in [0.15, 0.2) is 0 Å². The maximum absolute atomic E-state index is 12.4. The molecular weight excluding hydrogens is 249 g/mol. The molecule has 6 heteroatoms. The lowest BCUT2D eigenvalue weighted by molar-refractivity contribution is -0.143. The van der Waals surface area contributed by atoms with Gasteiger partial charge in [-0.1, -0.05) is 12.1 Å². The molecular formula is C12H11F3O3. The molecule has 3 nitrogen and oxygen atoms in total. The first kappa shape index (κ1) is 12.9. The number of halogens is 3. The smallest absolute Gasteiger partial charge is 0.416 e. The Labute approximate surface area is 101 Å². The maximum Gasteiger partial charge on any atom is 0.416 e. The van der Waals surface area contributed by atoms with Gasteiger partial charge in [-0.2, -0.15) is 13.2 Å². The van der Waals surface area contributed by atoms with Crippen molar-refractivity contribution in [3.63, 3.8) is 0 Å². The van der Waals surface area contributed by atoms with Gasteiger partial charge in [-0.25, -0.2) is 4.79 Å². The zero-order chi connectivity index (χ0) is 13.8. The Morgan fingerprint density at radius 1 is 1.22 bits per heavy atom. The van der Waals surface area contributed by atoms with Crippen LogP contribution < -0.4 is 0 Å². The highest BCUT2D eigenvalue weighted by atomic mass is 19.4. The van der Waals surface area contributed by atoms with Crippen molar-refractivity contribution in [3.8, 4) is 0 Å². The molecule has 1 unspecified atom stereocenters. The summed E-state index contributed by atoms with van der Waals surface area (Å²) in [6.07, 6.45) is -4.44. The molecule has 0 radical (unpaired) electrons. The highest BCUT2D eigenvalue weighted by molar-refractivity contribution is 5.84. The summed E-state index contributed by atoms with van der Waals surface area (Å²) < 4.78 is 42.4. The largest absolute Gasteiger partial charge is 0.479 e. The predicted molar refractivity (Wildman–Crippen MR) is 55.9 cm³/mol. The van der Waals surface area contributed by atoms with Crippen molar-refractivity contribution in [3.05, 3.63) is 35.4 Å². The van der Waals surface area contributed by atoms with Crippen LogP contribution >= 0.6 is 0 Å². The van der Waals surface area contributed by atoms with Gasteiger partial charge in [0.1, 0.15) is 5.60 Å². The van der Waals surface area contributed by atoms with Crippen molar-refractivity contribution in [2.45, 2.75) is 31.2 Å². The Morgan fingerprint density at radius 3 is 1.94 bits per heavy atom. The van der Waals surface area contributed by atoms with E-state index < -0.39 is 28.9 Å². The molecule has 1 aliphatic rings. The monoisotopic (exact) mass is 260 g/mol. The molecule has 0 aliphatic carbocycles. The minimum Gasteiger partial charge on any atom is -0.479 e. The molecule has 1 fully saturated rings. The standard InChI is InChI=1S/C12H11F3O3/c1-10(2)11(18-10,9(16)17)7-3-5-8(6-4-7)12(13,14)15/h3-6H,1-2H3,(H,16,17). The van der Waals surface area contributed by atoms with Crippen molar-refractivity contribution in [1.82, 2.24) is 0 Å². The number of hydrogen-bond donors (Lipinski definition) is 1. The molecule has 0 amide bonds. The van der Waals surface area contributed by atoms with Crippen LogP contribution in [0.1, 0.15) is 25.0 Å². The Bertz CT molecular complexity index is 490. The van der Waals surface area contributed by atoms with Gasteiger partial charge in [-0.15, -0.1) is 0 Å². The number of alkyl halides is 3. The zero-order valence-electron chi connectivity index (χ0n) is 9.71. The van der Waals surface area contributed by atoms with Gasteiger partial charge < -0.3 is 9.84 Å². The van der Waals surface area contributed by atoms with Gasteiger partial charge in [0, 0.05) is 0 Å². The van der Waals surface area contributed by atoms with Gasteiger partial charge in [0.2, 0.25) is 5.60 Å². The Balaban J connectivity index is 2.39. The molecule has 1 aliphatic heterocycles. The second-order valence-corrected chi connectivity index (χ2v) is 4.67. The van der Waals surface area contributed by atoms with E-state index in [9.17, 15) is 23.1 Å². The first-order chi connectivity index (χ1) is 8.11. The van der Waals surface area contributed by atoms with E-state index in [-0.39, 0.29) is 5.56 Å². The van der Waals surface area contributed by atoms with Gasteiger partial charge >= 0.3 is 12.1 Å². The summed E-state index contributed by atoms with van der Waals surface area (Å²) in [6.45, 7) is 3.16. The zero-order valence-corrected chi connectivity index (χ0v) is 9.71. The molecule has 1 N–H and O–H groups in total. The van der Waals surface area contributed by atoms with Crippen LogP contribution in [0.15, 0.2) is 24.3 Å². The fourth-order valence-corrected chi connectivity index (χ4v) is 2.08. The first-order valence-corrected chi connectivity index (χ1v) is 5.22. The van der Waals surface area contributed by atoms with E-state index in [2.05, 4.69) is 0 Å². The molecule has 2 rings (SSSR count). The fraction of sp³-hybridized carbons (Fsp3) is 0.417. The first-order valence-electron chi connectivity index (χ1n) is 5.22. The lowest BCUT2D eigenvalue weighted by Crippen LogP contribution is -2.28. The van der Waals surface area contributed by atoms with Crippen LogP contribution in [-0.2, 0) is 21.3 Å². The van der Waals surface area contributed by atoms with Gasteiger partial charge in [-0.05, 0) is 31.5 Å². The molecule has 1 aromatic carbocycles.